The largest absolute Gasteiger partial charge is 0.455 e. The van der Waals surface area contributed by atoms with E-state index in [0.29, 0.717) is 28.7 Å². The van der Waals surface area contributed by atoms with Gasteiger partial charge in [-0.1, -0.05) is 115 Å². The van der Waals surface area contributed by atoms with Crippen LogP contribution in [0.3, 0.4) is 0 Å². The van der Waals surface area contributed by atoms with Gasteiger partial charge in [-0.25, -0.2) is 19.8 Å². The summed E-state index contributed by atoms with van der Waals surface area (Å²) in [6.45, 7) is 7.41. The molecule has 0 amide bonds. The lowest BCUT2D eigenvalue weighted by molar-refractivity contribution is 0.669. The van der Waals surface area contributed by atoms with Gasteiger partial charge in [0, 0.05) is 21.9 Å². The second-order valence-corrected chi connectivity index (χ2v) is 10.4. The quantitative estimate of drug-likeness (QED) is 0.205. The molecule has 2 heterocycles. The zero-order valence-corrected chi connectivity index (χ0v) is 22.9. The van der Waals surface area contributed by atoms with Gasteiger partial charge in [0.05, 0.1) is 12.1 Å². The topological polar surface area (TPSA) is 56.2 Å². The second-order valence-electron chi connectivity index (χ2n) is 10.4. The molecular weight excluding hydrogens is 528 g/mol. The van der Waals surface area contributed by atoms with Gasteiger partial charge in [0.2, 0.25) is 0 Å². The molecule has 0 radical (unpaired) electrons. The molecule has 0 bridgehead atoms. The molecule has 0 N–H and O–H groups in total. The van der Waals surface area contributed by atoms with Gasteiger partial charge >= 0.3 is 0 Å². The molecule has 0 aliphatic carbocycles. The highest BCUT2D eigenvalue weighted by molar-refractivity contribution is 6.12. The van der Waals surface area contributed by atoms with Crippen LogP contribution in [0.5, 0.6) is 0 Å². The average molecular weight is 551 g/mol. The first kappa shape index (κ1) is 24.7. The second kappa shape index (κ2) is 10.1. The van der Waals surface area contributed by atoms with E-state index in [1.165, 1.54) is 0 Å². The number of nitrogens with zero attached hydrogens (tertiary/aromatic N) is 4. The number of aromatic nitrogens is 3. The Bertz CT molecular complexity index is 2350. The number of hydrogen-bond donors (Lipinski definition) is 0. The van der Waals surface area contributed by atoms with E-state index in [4.69, 9.17) is 25.9 Å². The molecule has 0 spiro atoms. The Morgan fingerprint density at radius 2 is 1.19 bits per heavy atom. The third kappa shape index (κ3) is 4.30. The Kier molecular flexibility index (Phi) is 5.77. The molecule has 8 rings (SSSR count). The highest BCUT2D eigenvalue weighted by Gasteiger charge is 2.22. The number of benzene rings is 6. The maximum atomic E-state index is 7.41. The lowest BCUT2D eigenvalue weighted by Gasteiger charge is -2.13. The SMILES string of the molecule is [C-]#[N+]c1ccc(-c2ccc3c(oc4ccccc43)c2-c2nc(-c3ccccc3)nc(-c3ccc4ccccc4c3)n2)cc1. The van der Waals surface area contributed by atoms with Crippen molar-refractivity contribution in [2.24, 2.45) is 0 Å². The summed E-state index contributed by atoms with van der Waals surface area (Å²) in [6, 6.07) is 44.3. The highest BCUT2D eigenvalue weighted by Crippen LogP contribution is 2.42. The van der Waals surface area contributed by atoms with Crippen LogP contribution in [0, 0.1) is 6.57 Å². The average Bonchev–Trinajstić information content (AvgIpc) is 3.46. The summed E-state index contributed by atoms with van der Waals surface area (Å²) in [7, 11) is 0. The van der Waals surface area contributed by atoms with Crippen LogP contribution in [0.25, 0.3) is 82.8 Å². The molecule has 43 heavy (non-hydrogen) atoms. The smallest absolute Gasteiger partial charge is 0.187 e. The maximum absolute atomic E-state index is 7.41. The van der Waals surface area contributed by atoms with Crippen LogP contribution in [-0.4, -0.2) is 15.0 Å². The van der Waals surface area contributed by atoms with Gasteiger partial charge in [-0.2, -0.15) is 0 Å². The molecular formula is C38H22N4O. The van der Waals surface area contributed by atoms with Crippen LogP contribution in [-0.2, 0) is 0 Å². The van der Waals surface area contributed by atoms with Crippen molar-refractivity contribution in [1.82, 2.24) is 15.0 Å². The van der Waals surface area contributed by atoms with Crippen molar-refractivity contribution in [1.29, 1.82) is 0 Å². The first-order valence-electron chi connectivity index (χ1n) is 14.0. The summed E-state index contributed by atoms with van der Waals surface area (Å²) in [5.41, 5.74) is 6.53. The van der Waals surface area contributed by atoms with Crippen molar-refractivity contribution in [3.63, 3.8) is 0 Å². The molecule has 0 fully saturated rings. The summed E-state index contributed by atoms with van der Waals surface area (Å²) < 4.78 is 6.54. The Morgan fingerprint density at radius 1 is 0.512 bits per heavy atom. The number of fused-ring (bicyclic) bond motifs is 4. The Hall–Kier alpha value is -6.12. The van der Waals surface area contributed by atoms with Gasteiger partial charge in [-0.05, 0) is 40.1 Å². The fourth-order valence-corrected chi connectivity index (χ4v) is 5.63. The maximum Gasteiger partial charge on any atom is 0.187 e. The van der Waals surface area contributed by atoms with Crippen molar-refractivity contribution in [2.75, 3.05) is 0 Å². The van der Waals surface area contributed by atoms with Gasteiger partial charge in [0.15, 0.2) is 23.2 Å². The van der Waals surface area contributed by atoms with Crippen molar-refractivity contribution in [3.05, 3.63) is 145 Å². The third-order valence-corrected chi connectivity index (χ3v) is 7.75. The van der Waals surface area contributed by atoms with E-state index in [0.717, 1.165) is 54.9 Å². The third-order valence-electron chi connectivity index (χ3n) is 7.75. The minimum absolute atomic E-state index is 0.519. The summed E-state index contributed by atoms with van der Waals surface area (Å²) in [5, 5.41) is 4.28. The minimum Gasteiger partial charge on any atom is -0.455 e. The van der Waals surface area contributed by atoms with Crippen LogP contribution in [0.4, 0.5) is 5.69 Å². The first-order chi connectivity index (χ1) is 21.2. The summed E-state index contributed by atoms with van der Waals surface area (Å²) in [6.07, 6.45) is 0. The zero-order chi connectivity index (χ0) is 28.8. The number of hydrogen-bond acceptors (Lipinski definition) is 4. The summed E-state index contributed by atoms with van der Waals surface area (Å²) >= 11 is 0. The Balaban J connectivity index is 1.45. The summed E-state index contributed by atoms with van der Waals surface area (Å²) in [4.78, 5) is 18.7. The molecule has 200 valence electrons. The van der Waals surface area contributed by atoms with Crippen molar-refractivity contribution in [3.8, 4) is 45.3 Å². The van der Waals surface area contributed by atoms with E-state index < -0.39 is 0 Å². The molecule has 8 aromatic rings. The van der Waals surface area contributed by atoms with Crippen LogP contribution in [0.1, 0.15) is 0 Å². The van der Waals surface area contributed by atoms with Crippen LogP contribution in [0.2, 0.25) is 0 Å². The van der Waals surface area contributed by atoms with Crippen molar-refractivity contribution >= 4 is 38.4 Å². The summed E-state index contributed by atoms with van der Waals surface area (Å²) in [5.74, 6) is 1.68. The van der Waals surface area contributed by atoms with Crippen molar-refractivity contribution in [2.45, 2.75) is 0 Å². The molecule has 2 aromatic heterocycles. The number of para-hydroxylation sites is 1. The van der Waals surface area contributed by atoms with Crippen molar-refractivity contribution < 1.29 is 4.42 Å². The predicted octanol–water partition coefficient (Wildman–Crippen LogP) is 10.1. The molecule has 5 nitrogen and oxygen atoms in total. The molecule has 6 aromatic carbocycles. The molecule has 0 aliphatic heterocycles. The van der Waals surface area contributed by atoms with Crippen LogP contribution < -0.4 is 0 Å². The van der Waals surface area contributed by atoms with Crippen LogP contribution in [0.15, 0.2) is 138 Å². The molecule has 0 unspecified atom stereocenters. The van der Waals surface area contributed by atoms with Gasteiger partial charge in [-0.3, -0.25) is 0 Å². The molecule has 0 aliphatic rings. The number of rotatable bonds is 4. The van der Waals surface area contributed by atoms with E-state index in [2.05, 4.69) is 53.4 Å². The Morgan fingerprint density at radius 3 is 2.00 bits per heavy atom. The first-order valence-corrected chi connectivity index (χ1v) is 14.0. The Labute approximate surface area is 247 Å². The molecule has 0 saturated heterocycles. The van der Waals surface area contributed by atoms with E-state index in [1.807, 2.05) is 84.9 Å². The lowest BCUT2D eigenvalue weighted by atomic mass is 9.96. The monoisotopic (exact) mass is 550 g/mol. The van der Waals surface area contributed by atoms with Gasteiger partial charge in [0.1, 0.15) is 11.2 Å². The van der Waals surface area contributed by atoms with E-state index >= 15 is 0 Å². The number of furan rings is 1. The molecule has 5 heteroatoms. The van der Waals surface area contributed by atoms with Gasteiger partial charge < -0.3 is 4.42 Å². The molecule has 0 saturated carbocycles. The normalized spacial score (nSPS) is 11.2. The van der Waals surface area contributed by atoms with Crippen LogP contribution >= 0.6 is 0 Å². The standard InChI is InChI=1S/C38H22N4O/c1-39-29-19-17-25(18-20-29)30-21-22-32-31-13-7-8-14-33(31)43-35(32)34(30)38-41-36(26-10-3-2-4-11-26)40-37(42-38)28-16-15-24-9-5-6-12-27(24)23-28/h2-23H. The predicted molar refractivity (Wildman–Crippen MR) is 173 cm³/mol. The zero-order valence-electron chi connectivity index (χ0n) is 22.9. The minimum atomic E-state index is 0.519. The van der Waals surface area contributed by atoms with E-state index in [9.17, 15) is 0 Å². The fourth-order valence-electron chi connectivity index (χ4n) is 5.63. The lowest BCUT2D eigenvalue weighted by Crippen LogP contribution is -2.01. The fraction of sp³-hybridized carbons (Fsp3) is 0. The van der Waals surface area contributed by atoms with E-state index in [1.54, 1.807) is 0 Å². The van der Waals surface area contributed by atoms with E-state index in [-0.39, 0.29) is 0 Å². The highest BCUT2D eigenvalue weighted by atomic mass is 16.3. The van der Waals surface area contributed by atoms with Gasteiger partial charge in [-0.15, -0.1) is 0 Å². The van der Waals surface area contributed by atoms with Gasteiger partial charge in [0.25, 0.3) is 0 Å². The molecule has 0 atom stereocenters.